The van der Waals surface area contributed by atoms with Gasteiger partial charge in [-0.05, 0) is 86.7 Å². The third-order valence-corrected chi connectivity index (χ3v) is 6.89. The molecule has 0 aromatic heterocycles. The first kappa shape index (κ1) is 21.4. The van der Waals surface area contributed by atoms with E-state index in [0.29, 0.717) is 30.6 Å². The molecule has 0 N–H and O–H groups in total. The molecule has 1 aromatic rings. The van der Waals surface area contributed by atoms with Gasteiger partial charge >= 0.3 is 6.18 Å². The number of hydrogen-bond donors (Lipinski definition) is 0. The van der Waals surface area contributed by atoms with Crippen molar-refractivity contribution in [2.24, 2.45) is 17.8 Å². The van der Waals surface area contributed by atoms with Crippen LogP contribution in [0.5, 0.6) is 0 Å². The van der Waals surface area contributed by atoms with Gasteiger partial charge in [0, 0.05) is 5.92 Å². The Morgan fingerprint density at radius 2 is 1.43 bits per heavy atom. The van der Waals surface area contributed by atoms with E-state index in [9.17, 15) is 17.6 Å². The summed E-state index contributed by atoms with van der Waals surface area (Å²) < 4.78 is 50.9. The SMILES string of the molecule is CCCc1ccc(C2CCC(C3CCC(/C(F)=C/C(F)(F)F)CC3)CC2)cc1. The van der Waals surface area contributed by atoms with Gasteiger partial charge in [0.2, 0.25) is 0 Å². The van der Waals surface area contributed by atoms with Gasteiger partial charge in [0.05, 0.1) is 6.08 Å². The summed E-state index contributed by atoms with van der Waals surface area (Å²) in [5, 5.41) is 0. The number of hydrogen-bond acceptors (Lipinski definition) is 0. The van der Waals surface area contributed by atoms with Gasteiger partial charge in [0.15, 0.2) is 0 Å². The maximum absolute atomic E-state index is 13.8. The highest BCUT2D eigenvalue weighted by atomic mass is 19.4. The van der Waals surface area contributed by atoms with Crippen molar-refractivity contribution >= 4 is 0 Å². The van der Waals surface area contributed by atoms with E-state index in [0.717, 1.165) is 19.3 Å². The number of benzene rings is 1. The molecular weight excluding hydrogens is 364 g/mol. The van der Waals surface area contributed by atoms with Crippen LogP contribution in [0, 0.1) is 17.8 Å². The molecule has 1 aromatic carbocycles. The zero-order valence-electron chi connectivity index (χ0n) is 16.8. The predicted molar refractivity (Wildman–Crippen MR) is 106 cm³/mol. The maximum atomic E-state index is 13.8. The molecule has 2 fully saturated rings. The van der Waals surface area contributed by atoms with Crippen LogP contribution in [-0.4, -0.2) is 6.18 Å². The van der Waals surface area contributed by atoms with E-state index < -0.39 is 17.9 Å². The van der Waals surface area contributed by atoms with E-state index in [-0.39, 0.29) is 6.08 Å². The third kappa shape index (κ3) is 5.84. The van der Waals surface area contributed by atoms with Crippen LogP contribution in [0.3, 0.4) is 0 Å². The Morgan fingerprint density at radius 1 is 0.893 bits per heavy atom. The molecule has 2 saturated carbocycles. The molecular formula is C24H32F4. The van der Waals surface area contributed by atoms with Crippen LogP contribution in [0.15, 0.2) is 36.2 Å². The molecule has 0 bridgehead atoms. The molecule has 0 amide bonds. The van der Waals surface area contributed by atoms with Crippen LogP contribution in [0.2, 0.25) is 0 Å². The van der Waals surface area contributed by atoms with E-state index in [2.05, 4.69) is 31.2 Å². The summed E-state index contributed by atoms with van der Waals surface area (Å²) in [6.45, 7) is 2.20. The number of rotatable bonds is 5. The monoisotopic (exact) mass is 396 g/mol. The quantitative estimate of drug-likeness (QED) is 0.441. The molecule has 2 aliphatic carbocycles. The first-order valence-electron chi connectivity index (χ1n) is 10.9. The standard InChI is InChI=1S/C24H32F4/c1-2-3-17-4-6-18(7-5-17)19-8-10-20(11-9-19)21-12-14-22(15-13-21)23(25)16-24(26,27)28/h4-7,16,19-22H,2-3,8-15H2,1H3/b23-16-. The second-order valence-corrected chi connectivity index (χ2v) is 8.79. The Morgan fingerprint density at radius 3 is 1.93 bits per heavy atom. The fraction of sp³-hybridized carbons (Fsp3) is 0.667. The Labute approximate surface area is 166 Å². The molecule has 0 radical (unpaired) electrons. The summed E-state index contributed by atoms with van der Waals surface area (Å²) in [6.07, 6.45) is 5.23. The zero-order valence-corrected chi connectivity index (χ0v) is 16.8. The summed E-state index contributed by atoms with van der Waals surface area (Å²) in [5.41, 5.74) is 2.85. The molecule has 156 valence electrons. The molecule has 0 unspecified atom stereocenters. The van der Waals surface area contributed by atoms with E-state index in [4.69, 9.17) is 0 Å². The summed E-state index contributed by atoms with van der Waals surface area (Å²) >= 11 is 0. The van der Waals surface area contributed by atoms with Crippen LogP contribution < -0.4 is 0 Å². The van der Waals surface area contributed by atoms with Gasteiger partial charge in [-0.1, -0.05) is 37.6 Å². The largest absolute Gasteiger partial charge is 0.412 e. The summed E-state index contributed by atoms with van der Waals surface area (Å²) in [7, 11) is 0. The van der Waals surface area contributed by atoms with Crippen molar-refractivity contribution < 1.29 is 17.6 Å². The molecule has 0 atom stereocenters. The highest BCUT2D eigenvalue weighted by Gasteiger charge is 2.34. The van der Waals surface area contributed by atoms with Gasteiger partial charge in [-0.25, -0.2) is 4.39 Å². The average Bonchev–Trinajstić information content (AvgIpc) is 2.68. The summed E-state index contributed by atoms with van der Waals surface area (Å²) in [5.74, 6) is 0.349. The number of halogens is 4. The lowest BCUT2D eigenvalue weighted by Crippen LogP contribution is -2.25. The molecule has 28 heavy (non-hydrogen) atoms. The Kier molecular flexibility index (Phi) is 7.22. The van der Waals surface area contributed by atoms with Gasteiger partial charge < -0.3 is 0 Å². The van der Waals surface area contributed by atoms with Crippen LogP contribution in [0.25, 0.3) is 0 Å². The fourth-order valence-electron chi connectivity index (χ4n) is 5.31. The van der Waals surface area contributed by atoms with Crippen molar-refractivity contribution in [1.82, 2.24) is 0 Å². The van der Waals surface area contributed by atoms with Crippen molar-refractivity contribution in [3.63, 3.8) is 0 Å². The van der Waals surface area contributed by atoms with Crippen LogP contribution in [0.4, 0.5) is 17.6 Å². The predicted octanol–water partition coefficient (Wildman–Crippen LogP) is 8.14. The lowest BCUT2D eigenvalue weighted by molar-refractivity contribution is -0.0821. The zero-order chi connectivity index (χ0) is 20.1. The first-order chi connectivity index (χ1) is 13.4. The number of aryl methyl sites for hydroxylation is 1. The van der Waals surface area contributed by atoms with Crippen molar-refractivity contribution in [2.75, 3.05) is 0 Å². The second-order valence-electron chi connectivity index (χ2n) is 8.79. The minimum Gasteiger partial charge on any atom is -0.212 e. The minimum atomic E-state index is -4.55. The Hall–Kier alpha value is -1.32. The number of alkyl halides is 3. The van der Waals surface area contributed by atoms with Gasteiger partial charge in [-0.15, -0.1) is 0 Å². The fourth-order valence-corrected chi connectivity index (χ4v) is 5.31. The average molecular weight is 397 g/mol. The van der Waals surface area contributed by atoms with Crippen molar-refractivity contribution in [1.29, 1.82) is 0 Å². The highest BCUT2D eigenvalue weighted by Crippen LogP contribution is 2.45. The summed E-state index contributed by atoms with van der Waals surface area (Å²) in [4.78, 5) is 0. The molecule has 2 aliphatic rings. The van der Waals surface area contributed by atoms with Crippen LogP contribution in [-0.2, 0) is 6.42 Å². The van der Waals surface area contributed by atoms with Gasteiger partial charge in [0.25, 0.3) is 0 Å². The van der Waals surface area contributed by atoms with Gasteiger partial charge in [-0.3, -0.25) is 0 Å². The van der Waals surface area contributed by atoms with E-state index >= 15 is 0 Å². The van der Waals surface area contributed by atoms with Gasteiger partial charge in [-0.2, -0.15) is 13.2 Å². The summed E-state index contributed by atoms with van der Waals surface area (Å²) in [6, 6.07) is 9.10. The van der Waals surface area contributed by atoms with Crippen molar-refractivity contribution in [2.45, 2.75) is 83.2 Å². The van der Waals surface area contributed by atoms with E-state index in [1.54, 1.807) is 0 Å². The number of allylic oxidation sites excluding steroid dienone is 2. The molecule has 0 spiro atoms. The highest BCUT2D eigenvalue weighted by molar-refractivity contribution is 5.26. The maximum Gasteiger partial charge on any atom is 0.412 e. The molecule has 0 heterocycles. The normalized spacial score (nSPS) is 29.7. The lowest BCUT2D eigenvalue weighted by atomic mass is 9.68. The molecule has 3 rings (SSSR count). The molecule has 4 heteroatoms. The Balaban J connectivity index is 1.46. The topological polar surface area (TPSA) is 0 Å². The van der Waals surface area contributed by atoms with E-state index in [1.807, 2.05) is 0 Å². The smallest absolute Gasteiger partial charge is 0.212 e. The lowest BCUT2D eigenvalue weighted by Gasteiger charge is -2.37. The molecule has 0 aliphatic heterocycles. The minimum absolute atomic E-state index is 0.144. The first-order valence-corrected chi connectivity index (χ1v) is 10.9. The van der Waals surface area contributed by atoms with E-state index in [1.165, 1.54) is 43.2 Å². The van der Waals surface area contributed by atoms with Crippen LogP contribution >= 0.6 is 0 Å². The second kappa shape index (κ2) is 9.45. The third-order valence-electron chi connectivity index (χ3n) is 6.89. The molecule has 0 saturated heterocycles. The van der Waals surface area contributed by atoms with Gasteiger partial charge in [0.1, 0.15) is 5.83 Å². The van der Waals surface area contributed by atoms with Crippen LogP contribution in [0.1, 0.15) is 81.8 Å². The van der Waals surface area contributed by atoms with Crippen molar-refractivity contribution in [3.8, 4) is 0 Å². The van der Waals surface area contributed by atoms with Crippen molar-refractivity contribution in [3.05, 3.63) is 47.3 Å². The molecule has 0 nitrogen and oxygen atoms in total. The Bertz CT molecular complexity index is 628.